The molecule has 15 heavy (non-hydrogen) atoms. The molecule has 1 aromatic rings. The number of rotatable bonds is 4. The lowest BCUT2D eigenvalue weighted by molar-refractivity contribution is -0.139. The summed E-state index contributed by atoms with van der Waals surface area (Å²) in [5.41, 5.74) is 0.461. The Morgan fingerprint density at radius 1 is 1.60 bits per heavy atom. The van der Waals surface area contributed by atoms with Crippen molar-refractivity contribution in [1.82, 2.24) is 0 Å². The molecule has 0 saturated heterocycles. The SMILES string of the molecule is COc1cccc(Br)c1[C@@H](O)CC(=O)O. The molecule has 0 amide bonds. The molecule has 0 heterocycles. The Balaban J connectivity index is 3.05. The highest BCUT2D eigenvalue weighted by Gasteiger charge is 2.19. The van der Waals surface area contributed by atoms with Gasteiger partial charge in [0.2, 0.25) is 0 Å². The summed E-state index contributed by atoms with van der Waals surface area (Å²) >= 11 is 3.25. The van der Waals surface area contributed by atoms with Crippen LogP contribution >= 0.6 is 15.9 Å². The van der Waals surface area contributed by atoms with Crippen LogP contribution in [-0.2, 0) is 4.79 Å². The van der Waals surface area contributed by atoms with Gasteiger partial charge in [-0.05, 0) is 12.1 Å². The number of aliphatic hydroxyl groups is 1. The molecule has 0 saturated carbocycles. The van der Waals surface area contributed by atoms with Gasteiger partial charge >= 0.3 is 5.97 Å². The van der Waals surface area contributed by atoms with Gasteiger partial charge in [0.15, 0.2) is 0 Å². The quantitative estimate of drug-likeness (QED) is 0.881. The fourth-order valence-corrected chi connectivity index (χ4v) is 1.90. The molecule has 5 heteroatoms. The number of methoxy groups -OCH3 is 1. The Morgan fingerprint density at radius 3 is 2.80 bits per heavy atom. The Morgan fingerprint density at radius 2 is 2.27 bits per heavy atom. The molecule has 1 rings (SSSR count). The van der Waals surface area contributed by atoms with Crippen LogP contribution in [-0.4, -0.2) is 23.3 Å². The maximum atomic E-state index is 10.5. The molecule has 82 valence electrons. The summed E-state index contributed by atoms with van der Waals surface area (Å²) in [5, 5.41) is 18.3. The zero-order valence-corrected chi connectivity index (χ0v) is 9.69. The fraction of sp³-hybridized carbons (Fsp3) is 0.300. The van der Waals surface area contributed by atoms with Crippen LogP contribution in [0.2, 0.25) is 0 Å². The molecular formula is C10H11BrO4. The zero-order valence-electron chi connectivity index (χ0n) is 8.11. The first-order valence-electron chi connectivity index (χ1n) is 4.28. The summed E-state index contributed by atoms with van der Waals surface area (Å²) < 4.78 is 5.68. The van der Waals surface area contributed by atoms with Crippen LogP contribution in [0.4, 0.5) is 0 Å². The van der Waals surface area contributed by atoms with Crippen LogP contribution in [0.5, 0.6) is 5.75 Å². The van der Waals surface area contributed by atoms with Crippen LogP contribution < -0.4 is 4.74 Å². The first-order valence-corrected chi connectivity index (χ1v) is 5.07. The third-order valence-corrected chi connectivity index (χ3v) is 2.63. The highest BCUT2D eigenvalue weighted by molar-refractivity contribution is 9.10. The second-order valence-corrected chi connectivity index (χ2v) is 3.82. The molecule has 4 nitrogen and oxygen atoms in total. The molecule has 1 atom stereocenters. The second kappa shape index (κ2) is 5.14. The van der Waals surface area contributed by atoms with Crippen molar-refractivity contribution in [2.24, 2.45) is 0 Å². The predicted molar refractivity (Wildman–Crippen MR) is 57.9 cm³/mol. The first-order chi connectivity index (χ1) is 7.06. The largest absolute Gasteiger partial charge is 0.496 e. The average molecular weight is 275 g/mol. The van der Waals surface area contributed by atoms with E-state index < -0.39 is 12.1 Å². The van der Waals surface area contributed by atoms with E-state index in [-0.39, 0.29) is 6.42 Å². The molecule has 0 unspecified atom stereocenters. The lowest BCUT2D eigenvalue weighted by Crippen LogP contribution is -2.07. The van der Waals surface area contributed by atoms with Crippen molar-refractivity contribution in [2.45, 2.75) is 12.5 Å². The van der Waals surface area contributed by atoms with Gasteiger partial charge in [0.1, 0.15) is 5.75 Å². The van der Waals surface area contributed by atoms with E-state index in [4.69, 9.17) is 9.84 Å². The minimum Gasteiger partial charge on any atom is -0.496 e. The number of aliphatic hydroxyl groups excluding tert-OH is 1. The number of hydrogen-bond donors (Lipinski definition) is 2. The van der Waals surface area contributed by atoms with Gasteiger partial charge in [-0.1, -0.05) is 22.0 Å². The van der Waals surface area contributed by atoms with Gasteiger partial charge in [-0.25, -0.2) is 0 Å². The van der Waals surface area contributed by atoms with Crippen molar-refractivity contribution in [2.75, 3.05) is 7.11 Å². The van der Waals surface area contributed by atoms with Crippen molar-refractivity contribution in [3.05, 3.63) is 28.2 Å². The number of halogens is 1. The van der Waals surface area contributed by atoms with Gasteiger partial charge in [0, 0.05) is 10.0 Å². The van der Waals surface area contributed by atoms with Crippen LogP contribution in [0, 0.1) is 0 Å². The predicted octanol–water partition coefficient (Wildman–Crippen LogP) is 1.97. The molecule has 0 aliphatic heterocycles. The Labute approximate surface area is 95.6 Å². The maximum absolute atomic E-state index is 10.5. The van der Waals surface area contributed by atoms with E-state index in [9.17, 15) is 9.90 Å². The number of benzene rings is 1. The Hall–Kier alpha value is -1.07. The molecule has 0 spiro atoms. The van der Waals surface area contributed by atoms with E-state index in [1.54, 1.807) is 18.2 Å². The Bertz CT molecular complexity index is 364. The van der Waals surface area contributed by atoms with Gasteiger partial charge < -0.3 is 14.9 Å². The van der Waals surface area contributed by atoms with Crippen molar-refractivity contribution in [3.63, 3.8) is 0 Å². The van der Waals surface area contributed by atoms with E-state index in [1.165, 1.54) is 7.11 Å². The van der Waals surface area contributed by atoms with Crippen LogP contribution in [0.25, 0.3) is 0 Å². The van der Waals surface area contributed by atoms with Gasteiger partial charge in [-0.3, -0.25) is 4.79 Å². The topological polar surface area (TPSA) is 66.8 Å². The van der Waals surface area contributed by atoms with Crippen molar-refractivity contribution in [3.8, 4) is 5.75 Å². The van der Waals surface area contributed by atoms with Gasteiger partial charge in [-0.2, -0.15) is 0 Å². The fourth-order valence-electron chi connectivity index (χ4n) is 1.29. The molecule has 0 radical (unpaired) electrons. The van der Waals surface area contributed by atoms with Gasteiger partial charge in [-0.15, -0.1) is 0 Å². The van der Waals surface area contributed by atoms with Gasteiger partial charge in [0.05, 0.1) is 19.6 Å². The third kappa shape index (κ3) is 2.94. The molecular weight excluding hydrogens is 264 g/mol. The van der Waals surface area contributed by atoms with Crippen molar-refractivity contribution in [1.29, 1.82) is 0 Å². The third-order valence-electron chi connectivity index (χ3n) is 1.93. The van der Waals surface area contributed by atoms with Gasteiger partial charge in [0.25, 0.3) is 0 Å². The highest BCUT2D eigenvalue weighted by atomic mass is 79.9. The normalized spacial score (nSPS) is 12.2. The minimum absolute atomic E-state index is 0.348. The first kappa shape index (κ1) is 12.0. The minimum atomic E-state index is -1.08. The number of carbonyl (C=O) groups is 1. The number of carboxylic acid groups (broad SMARTS) is 1. The summed E-state index contributed by atoms with van der Waals surface area (Å²) in [6.07, 6.45) is -1.42. The second-order valence-electron chi connectivity index (χ2n) is 2.97. The maximum Gasteiger partial charge on any atom is 0.306 e. The number of carboxylic acids is 1. The van der Waals surface area contributed by atoms with E-state index in [2.05, 4.69) is 15.9 Å². The smallest absolute Gasteiger partial charge is 0.306 e. The summed E-state index contributed by atoms with van der Waals surface area (Å²) in [7, 11) is 1.47. The van der Waals surface area contributed by atoms with Crippen molar-refractivity contribution >= 4 is 21.9 Å². The van der Waals surface area contributed by atoms with E-state index in [0.29, 0.717) is 15.8 Å². The molecule has 0 aliphatic rings. The van der Waals surface area contributed by atoms with Crippen LogP contribution in [0.3, 0.4) is 0 Å². The average Bonchev–Trinajstić information content (AvgIpc) is 2.15. The standard InChI is InChI=1S/C10H11BrO4/c1-15-8-4-2-3-6(11)10(8)7(12)5-9(13)14/h2-4,7,12H,5H2,1H3,(H,13,14)/t7-/m0/s1. The number of aliphatic carboxylic acids is 1. The molecule has 2 N–H and O–H groups in total. The lowest BCUT2D eigenvalue weighted by atomic mass is 10.1. The van der Waals surface area contributed by atoms with Crippen molar-refractivity contribution < 1.29 is 19.7 Å². The van der Waals surface area contributed by atoms with Crippen LogP contribution in [0.1, 0.15) is 18.1 Å². The highest BCUT2D eigenvalue weighted by Crippen LogP contribution is 2.33. The summed E-state index contributed by atoms with van der Waals surface area (Å²) in [4.78, 5) is 10.5. The molecule has 0 aliphatic carbocycles. The van der Waals surface area contributed by atoms with E-state index >= 15 is 0 Å². The van der Waals surface area contributed by atoms with E-state index in [0.717, 1.165) is 0 Å². The summed E-state index contributed by atoms with van der Waals surface area (Å²) in [5.74, 6) is -0.585. The molecule has 0 bridgehead atoms. The number of ether oxygens (including phenoxy) is 1. The van der Waals surface area contributed by atoms with Crippen LogP contribution in [0.15, 0.2) is 22.7 Å². The monoisotopic (exact) mass is 274 g/mol. The molecule has 0 fully saturated rings. The lowest BCUT2D eigenvalue weighted by Gasteiger charge is -2.14. The molecule has 1 aromatic carbocycles. The molecule has 0 aromatic heterocycles. The summed E-state index contributed by atoms with van der Waals surface area (Å²) in [6, 6.07) is 5.15. The summed E-state index contributed by atoms with van der Waals surface area (Å²) in [6.45, 7) is 0. The van der Waals surface area contributed by atoms with E-state index in [1.807, 2.05) is 0 Å². The number of hydrogen-bond acceptors (Lipinski definition) is 3. The Kier molecular flexibility index (Phi) is 4.11. The zero-order chi connectivity index (χ0) is 11.4.